The molecule has 5 unspecified atom stereocenters. The van der Waals surface area contributed by atoms with Crippen molar-refractivity contribution in [3.05, 3.63) is 0 Å². The van der Waals surface area contributed by atoms with Crippen molar-refractivity contribution >= 4 is 5.97 Å². The van der Waals surface area contributed by atoms with Gasteiger partial charge in [0.05, 0.1) is 11.0 Å². The highest BCUT2D eigenvalue weighted by molar-refractivity contribution is 5.76. The molecule has 0 amide bonds. The Hall–Kier alpha value is -0.570. The van der Waals surface area contributed by atoms with Gasteiger partial charge in [0.1, 0.15) is 5.60 Å². The van der Waals surface area contributed by atoms with Gasteiger partial charge in [0, 0.05) is 6.42 Å². The lowest BCUT2D eigenvalue weighted by Gasteiger charge is -2.49. The van der Waals surface area contributed by atoms with Crippen molar-refractivity contribution in [2.45, 2.75) is 76.9 Å². The lowest BCUT2D eigenvalue weighted by atomic mass is 9.56. The van der Waals surface area contributed by atoms with Crippen LogP contribution in [0.4, 0.5) is 0 Å². The van der Waals surface area contributed by atoms with Crippen LogP contribution >= 0.6 is 0 Å². The van der Waals surface area contributed by atoms with E-state index in [1.54, 1.807) is 0 Å². The van der Waals surface area contributed by atoms with Crippen LogP contribution in [0.3, 0.4) is 0 Å². The molecule has 3 bridgehead atoms. The highest BCUT2D eigenvalue weighted by Gasteiger charge is 2.76. The number of hydrogen-bond donors (Lipinski definition) is 1. The number of rotatable bonds is 3. The second kappa shape index (κ2) is 3.43. The molecular formula is C17H26O3. The molecule has 0 aromatic carbocycles. The van der Waals surface area contributed by atoms with Gasteiger partial charge in [0.25, 0.3) is 0 Å². The van der Waals surface area contributed by atoms with Gasteiger partial charge in [0.2, 0.25) is 0 Å². The van der Waals surface area contributed by atoms with E-state index in [4.69, 9.17) is 4.74 Å². The van der Waals surface area contributed by atoms with E-state index in [1.165, 1.54) is 6.42 Å². The minimum atomic E-state index is -0.551. The first-order valence-corrected chi connectivity index (χ1v) is 8.19. The third kappa shape index (κ3) is 1.43. The van der Waals surface area contributed by atoms with E-state index in [0.29, 0.717) is 23.7 Å². The van der Waals surface area contributed by atoms with Gasteiger partial charge in [-0.15, -0.1) is 0 Å². The summed E-state index contributed by atoms with van der Waals surface area (Å²) in [4.78, 5) is 12.5. The van der Waals surface area contributed by atoms with E-state index < -0.39 is 11.0 Å². The number of esters is 1. The van der Waals surface area contributed by atoms with Gasteiger partial charge < -0.3 is 9.84 Å². The van der Waals surface area contributed by atoms with Crippen LogP contribution in [-0.2, 0) is 9.53 Å². The Labute approximate surface area is 121 Å². The molecule has 0 saturated heterocycles. The molecule has 4 rings (SSSR count). The quantitative estimate of drug-likeness (QED) is 0.807. The van der Waals surface area contributed by atoms with Crippen molar-refractivity contribution < 1.29 is 14.6 Å². The minimum Gasteiger partial charge on any atom is -0.459 e. The van der Waals surface area contributed by atoms with Crippen LogP contribution in [0.5, 0.6) is 0 Å². The average Bonchev–Trinajstić information content (AvgIpc) is 2.63. The molecule has 1 spiro atoms. The molecule has 4 aliphatic rings. The summed E-state index contributed by atoms with van der Waals surface area (Å²) in [6, 6.07) is 0. The fraction of sp³-hybridized carbons (Fsp3) is 0.941. The van der Waals surface area contributed by atoms with Crippen LogP contribution in [0.15, 0.2) is 0 Å². The van der Waals surface area contributed by atoms with E-state index >= 15 is 0 Å². The van der Waals surface area contributed by atoms with Crippen LogP contribution in [0.2, 0.25) is 0 Å². The predicted molar refractivity (Wildman–Crippen MR) is 75.0 cm³/mol. The second-order valence-corrected chi connectivity index (χ2v) is 8.84. The van der Waals surface area contributed by atoms with Crippen LogP contribution in [0.25, 0.3) is 0 Å². The van der Waals surface area contributed by atoms with Crippen LogP contribution in [0.1, 0.15) is 65.7 Å². The molecule has 3 nitrogen and oxygen atoms in total. The van der Waals surface area contributed by atoms with Crippen LogP contribution in [0, 0.1) is 22.7 Å². The summed E-state index contributed by atoms with van der Waals surface area (Å²) in [6.07, 6.45) is 6.65. The molecule has 5 atom stereocenters. The molecule has 3 heteroatoms. The number of carbonyl (C=O) groups excluding carboxylic acids is 1. The van der Waals surface area contributed by atoms with E-state index in [9.17, 15) is 9.90 Å². The molecule has 20 heavy (non-hydrogen) atoms. The van der Waals surface area contributed by atoms with Crippen molar-refractivity contribution in [3.63, 3.8) is 0 Å². The van der Waals surface area contributed by atoms with Crippen molar-refractivity contribution in [2.75, 3.05) is 0 Å². The standard InChI is InChI=1S/C17H26O3/c1-4-14(2,3)13(18)20-16-7-12-5-11-6-15(19,8-16)9-17(11,12)10-16/h11-12,19H,4-10H2,1-3H3. The zero-order valence-electron chi connectivity index (χ0n) is 12.9. The Morgan fingerprint density at radius 3 is 2.65 bits per heavy atom. The molecule has 0 radical (unpaired) electrons. The number of hydrogen-bond acceptors (Lipinski definition) is 3. The molecule has 4 fully saturated rings. The van der Waals surface area contributed by atoms with E-state index in [0.717, 1.165) is 32.1 Å². The Morgan fingerprint density at radius 1 is 1.25 bits per heavy atom. The number of fused-ring (bicyclic) bond motifs is 2. The Morgan fingerprint density at radius 2 is 1.95 bits per heavy atom. The summed E-state index contributed by atoms with van der Waals surface area (Å²) in [5, 5.41) is 10.8. The largest absolute Gasteiger partial charge is 0.459 e. The highest BCUT2D eigenvalue weighted by Crippen LogP contribution is 2.78. The van der Waals surface area contributed by atoms with E-state index in [2.05, 4.69) is 0 Å². The molecule has 0 heterocycles. The molecule has 1 N–H and O–H groups in total. The average molecular weight is 278 g/mol. The molecule has 0 aliphatic heterocycles. The minimum absolute atomic E-state index is 0.0702. The topological polar surface area (TPSA) is 46.5 Å². The van der Waals surface area contributed by atoms with E-state index in [1.807, 2.05) is 20.8 Å². The van der Waals surface area contributed by atoms with Crippen molar-refractivity contribution in [2.24, 2.45) is 22.7 Å². The maximum Gasteiger partial charge on any atom is 0.312 e. The summed E-state index contributed by atoms with van der Waals surface area (Å²) in [5.74, 6) is 1.32. The van der Waals surface area contributed by atoms with E-state index in [-0.39, 0.29) is 11.6 Å². The van der Waals surface area contributed by atoms with Crippen LogP contribution in [-0.4, -0.2) is 22.3 Å². The summed E-state index contributed by atoms with van der Waals surface area (Å²) >= 11 is 0. The summed E-state index contributed by atoms with van der Waals surface area (Å²) < 4.78 is 6.06. The smallest absolute Gasteiger partial charge is 0.312 e. The van der Waals surface area contributed by atoms with Gasteiger partial charge in [-0.1, -0.05) is 6.92 Å². The van der Waals surface area contributed by atoms with Gasteiger partial charge >= 0.3 is 5.97 Å². The number of carbonyl (C=O) groups is 1. The zero-order chi connectivity index (χ0) is 14.4. The molecule has 0 aromatic heterocycles. The van der Waals surface area contributed by atoms with Gasteiger partial charge in [0.15, 0.2) is 0 Å². The molecule has 4 aliphatic carbocycles. The SMILES string of the molecule is CCC(C)(C)C(=O)OC12CC3CC4CC(O)(C1)CC43C2. The molecule has 0 aromatic rings. The molecular weight excluding hydrogens is 252 g/mol. The Balaban J connectivity index is 1.62. The maximum absolute atomic E-state index is 12.5. The monoisotopic (exact) mass is 278 g/mol. The summed E-state index contributed by atoms with van der Waals surface area (Å²) in [6.45, 7) is 5.95. The summed E-state index contributed by atoms with van der Waals surface area (Å²) in [7, 11) is 0. The first-order valence-electron chi connectivity index (χ1n) is 8.19. The Kier molecular flexibility index (Phi) is 2.25. The maximum atomic E-state index is 12.5. The third-order valence-corrected chi connectivity index (χ3v) is 7.15. The zero-order valence-corrected chi connectivity index (χ0v) is 12.9. The van der Waals surface area contributed by atoms with Crippen molar-refractivity contribution in [1.82, 2.24) is 0 Å². The fourth-order valence-corrected chi connectivity index (χ4v) is 5.93. The highest BCUT2D eigenvalue weighted by atomic mass is 16.6. The fourth-order valence-electron chi connectivity index (χ4n) is 5.93. The van der Waals surface area contributed by atoms with Gasteiger partial charge in [-0.25, -0.2) is 0 Å². The summed E-state index contributed by atoms with van der Waals surface area (Å²) in [5.41, 5.74) is -0.993. The molecule has 4 saturated carbocycles. The first kappa shape index (κ1) is 13.1. The normalized spacial score (nSPS) is 51.8. The van der Waals surface area contributed by atoms with Crippen molar-refractivity contribution in [1.29, 1.82) is 0 Å². The lowest BCUT2D eigenvalue weighted by Crippen LogP contribution is -2.48. The van der Waals surface area contributed by atoms with Crippen molar-refractivity contribution in [3.8, 4) is 0 Å². The number of ether oxygens (including phenoxy) is 1. The third-order valence-electron chi connectivity index (χ3n) is 7.15. The second-order valence-electron chi connectivity index (χ2n) is 8.84. The van der Waals surface area contributed by atoms with Gasteiger partial charge in [-0.3, -0.25) is 4.79 Å². The first-order chi connectivity index (χ1) is 9.23. The number of aliphatic hydroxyl groups is 1. The van der Waals surface area contributed by atoms with Gasteiger partial charge in [-0.05, 0) is 69.6 Å². The van der Waals surface area contributed by atoms with Gasteiger partial charge in [-0.2, -0.15) is 0 Å². The predicted octanol–water partition coefficient (Wildman–Crippen LogP) is 3.05. The Bertz CT molecular complexity index is 481. The van der Waals surface area contributed by atoms with Crippen LogP contribution < -0.4 is 0 Å². The lowest BCUT2D eigenvalue weighted by molar-refractivity contribution is -0.181. The molecule has 112 valence electrons.